The molecule has 32 heavy (non-hydrogen) atoms. The molecule has 7 nitrogen and oxygen atoms in total. The minimum atomic E-state index is -1.06. The van der Waals surface area contributed by atoms with E-state index >= 15 is 0 Å². The van der Waals surface area contributed by atoms with Crippen molar-refractivity contribution >= 4 is 17.5 Å². The molecule has 0 bridgehead atoms. The minimum Gasteiger partial charge on any atom is -0.494 e. The van der Waals surface area contributed by atoms with Crippen molar-refractivity contribution in [2.75, 3.05) is 46.0 Å². The largest absolute Gasteiger partial charge is 0.494 e. The van der Waals surface area contributed by atoms with Gasteiger partial charge in [0.25, 0.3) is 5.91 Å². The number of likely N-dealkylation sites (tertiary alicyclic amines) is 1. The van der Waals surface area contributed by atoms with E-state index in [-0.39, 0.29) is 5.78 Å². The Morgan fingerprint density at radius 1 is 1.00 bits per heavy atom. The summed E-state index contributed by atoms with van der Waals surface area (Å²) in [5.41, 5.74) is 1.19. The normalized spacial score (nSPS) is 21.7. The molecule has 0 aromatic heterocycles. The second kappa shape index (κ2) is 10.1. The number of amides is 1. The van der Waals surface area contributed by atoms with Crippen LogP contribution in [0.25, 0.3) is 0 Å². The molecule has 2 aromatic rings. The van der Waals surface area contributed by atoms with Gasteiger partial charge in [-0.3, -0.25) is 19.3 Å². The van der Waals surface area contributed by atoms with Crippen LogP contribution in [0.2, 0.25) is 0 Å². The molecule has 0 spiro atoms. The predicted octanol–water partition coefficient (Wildman–Crippen LogP) is 2.37. The summed E-state index contributed by atoms with van der Waals surface area (Å²) in [4.78, 5) is 43.2. The smallest absolute Gasteiger partial charge is 0.291 e. The number of carbonyl (C=O) groups is 3. The molecular formula is C25H28N2O5. The molecule has 2 saturated heterocycles. The number of ether oxygens (including phenoxy) is 2. The van der Waals surface area contributed by atoms with E-state index in [2.05, 4.69) is 4.90 Å². The maximum Gasteiger partial charge on any atom is 0.291 e. The number of ketones is 2. The molecule has 168 valence electrons. The van der Waals surface area contributed by atoms with Crippen molar-refractivity contribution in [2.45, 2.75) is 13.0 Å². The van der Waals surface area contributed by atoms with Gasteiger partial charge in [0, 0.05) is 31.7 Å². The van der Waals surface area contributed by atoms with E-state index in [0.29, 0.717) is 44.2 Å². The SMILES string of the molecule is CCOc1ccc(C2C(C(=O)c3ccccc3)C(=O)C(=O)N2CCN2CCOCC2)cc1. The number of Topliss-reactive ketones (excluding diaryl/α,β-unsaturated/α-hetero) is 2. The summed E-state index contributed by atoms with van der Waals surface area (Å²) in [6, 6.07) is 15.4. The number of nitrogens with zero attached hydrogens (tertiary/aromatic N) is 2. The van der Waals surface area contributed by atoms with Crippen molar-refractivity contribution in [3.63, 3.8) is 0 Å². The molecule has 0 radical (unpaired) electrons. The third-order valence-electron chi connectivity index (χ3n) is 6.04. The molecular weight excluding hydrogens is 408 g/mol. The zero-order valence-electron chi connectivity index (χ0n) is 18.2. The molecule has 4 rings (SSSR count). The molecule has 0 aliphatic carbocycles. The number of benzene rings is 2. The fourth-order valence-electron chi connectivity index (χ4n) is 4.38. The summed E-state index contributed by atoms with van der Waals surface area (Å²) in [5.74, 6) is -1.91. The van der Waals surface area contributed by atoms with E-state index in [0.717, 1.165) is 18.7 Å². The van der Waals surface area contributed by atoms with Gasteiger partial charge in [0.05, 0.1) is 25.9 Å². The van der Waals surface area contributed by atoms with Gasteiger partial charge in [-0.15, -0.1) is 0 Å². The number of hydrogen-bond acceptors (Lipinski definition) is 6. The fourth-order valence-corrected chi connectivity index (χ4v) is 4.38. The maximum absolute atomic E-state index is 13.4. The highest BCUT2D eigenvalue weighted by Gasteiger charge is 2.51. The first kappa shape index (κ1) is 22.2. The van der Waals surface area contributed by atoms with Crippen molar-refractivity contribution in [3.05, 3.63) is 65.7 Å². The van der Waals surface area contributed by atoms with Crippen LogP contribution in [0.1, 0.15) is 28.9 Å². The molecule has 0 N–H and O–H groups in total. The van der Waals surface area contributed by atoms with E-state index in [1.807, 2.05) is 37.3 Å². The van der Waals surface area contributed by atoms with Gasteiger partial charge in [-0.25, -0.2) is 0 Å². The monoisotopic (exact) mass is 436 g/mol. The van der Waals surface area contributed by atoms with Crippen LogP contribution in [0.5, 0.6) is 5.75 Å². The molecule has 7 heteroatoms. The Balaban J connectivity index is 1.64. The van der Waals surface area contributed by atoms with Gasteiger partial charge >= 0.3 is 0 Å². The molecule has 2 unspecified atom stereocenters. The van der Waals surface area contributed by atoms with Crippen LogP contribution in [0.15, 0.2) is 54.6 Å². The van der Waals surface area contributed by atoms with Gasteiger partial charge in [-0.1, -0.05) is 42.5 Å². The Bertz CT molecular complexity index is 954. The lowest BCUT2D eigenvalue weighted by Gasteiger charge is -2.31. The lowest BCUT2D eigenvalue weighted by Crippen LogP contribution is -2.42. The first-order chi connectivity index (χ1) is 15.6. The number of morpholine rings is 1. The van der Waals surface area contributed by atoms with Crippen molar-refractivity contribution < 1.29 is 23.9 Å². The van der Waals surface area contributed by atoms with Crippen LogP contribution in [0, 0.1) is 5.92 Å². The zero-order chi connectivity index (χ0) is 22.5. The quantitative estimate of drug-likeness (QED) is 0.359. The van der Waals surface area contributed by atoms with Crippen molar-refractivity contribution in [1.29, 1.82) is 0 Å². The highest BCUT2D eigenvalue weighted by atomic mass is 16.5. The molecule has 2 aromatic carbocycles. The topological polar surface area (TPSA) is 76.2 Å². The molecule has 2 atom stereocenters. The summed E-state index contributed by atoms with van der Waals surface area (Å²) >= 11 is 0. The molecule has 0 saturated carbocycles. The van der Waals surface area contributed by atoms with E-state index in [4.69, 9.17) is 9.47 Å². The summed E-state index contributed by atoms with van der Waals surface area (Å²) in [7, 11) is 0. The first-order valence-electron chi connectivity index (χ1n) is 11.1. The van der Waals surface area contributed by atoms with Crippen LogP contribution >= 0.6 is 0 Å². The van der Waals surface area contributed by atoms with Gasteiger partial charge in [-0.2, -0.15) is 0 Å². The van der Waals surface area contributed by atoms with Crippen molar-refractivity contribution in [1.82, 2.24) is 9.80 Å². The third-order valence-corrected chi connectivity index (χ3v) is 6.04. The van der Waals surface area contributed by atoms with Gasteiger partial charge in [0.1, 0.15) is 11.7 Å². The first-order valence-corrected chi connectivity index (χ1v) is 11.1. The summed E-state index contributed by atoms with van der Waals surface area (Å²) in [5, 5.41) is 0. The molecule has 2 fully saturated rings. The average Bonchev–Trinajstić information content (AvgIpc) is 3.09. The van der Waals surface area contributed by atoms with Gasteiger partial charge in [0.15, 0.2) is 5.78 Å². The Morgan fingerprint density at radius 2 is 1.69 bits per heavy atom. The van der Waals surface area contributed by atoms with Gasteiger partial charge < -0.3 is 14.4 Å². The Morgan fingerprint density at radius 3 is 2.34 bits per heavy atom. The molecule has 1 amide bonds. The van der Waals surface area contributed by atoms with Gasteiger partial charge in [-0.05, 0) is 24.6 Å². The summed E-state index contributed by atoms with van der Waals surface area (Å²) in [6.07, 6.45) is 0. The van der Waals surface area contributed by atoms with Crippen LogP contribution in [0.3, 0.4) is 0 Å². The molecule has 2 heterocycles. The van der Waals surface area contributed by atoms with Gasteiger partial charge in [0.2, 0.25) is 5.78 Å². The summed E-state index contributed by atoms with van der Waals surface area (Å²) < 4.78 is 10.9. The predicted molar refractivity (Wildman–Crippen MR) is 119 cm³/mol. The minimum absolute atomic E-state index is 0.322. The summed E-state index contributed by atoms with van der Waals surface area (Å²) in [6.45, 7) is 6.34. The standard InChI is InChI=1S/C25H28N2O5/c1-2-32-20-10-8-18(9-11-20)22-21(23(28)19-6-4-3-5-7-19)24(29)25(30)27(22)13-12-26-14-16-31-17-15-26/h3-11,21-22H,2,12-17H2,1H3. The number of hydrogen-bond donors (Lipinski definition) is 0. The molecule has 2 aliphatic rings. The number of carbonyl (C=O) groups excluding carboxylic acids is 3. The average molecular weight is 437 g/mol. The van der Waals surface area contributed by atoms with Crippen LogP contribution < -0.4 is 4.74 Å². The van der Waals surface area contributed by atoms with Crippen LogP contribution in [0.4, 0.5) is 0 Å². The Labute approximate surface area is 187 Å². The van der Waals surface area contributed by atoms with E-state index < -0.39 is 23.7 Å². The van der Waals surface area contributed by atoms with E-state index in [1.165, 1.54) is 0 Å². The van der Waals surface area contributed by atoms with Crippen molar-refractivity contribution in [2.24, 2.45) is 5.92 Å². The lowest BCUT2D eigenvalue weighted by atomic mass is 9.86. The van der Waals surface area contributed by atoms with E-state index in [9.17, 15) is 14.4 Å². The second-order valence-electron chi connectivity index (χ2n) is 7.97. The highest BCUT2D eigenvalue weighted by molar-refractivity contribution is 6.44. The maximum atomic E-state index is 13.4. The Kier molecular flexibility index (Phi) is 6.97. The van der Waals surface area contributed by atoms with Crippen LogP contribution in [-0.4, -0.2) is 73.3 Å². The Hall–Kier alpha value is -3.03. The van der Waals surface area contributed by atoms with Crippen LogP contribution in [-0.2, 0) is 14.3 Å². The number of rotatable bonds is 8. The second-order valence-corrected chi connectivity index (χ2v) is 7.97. The zero-order valence-corrected chi connectivity index (χ0v) is 18.2. The lowest BCUT2D eigenvalue weighted by molar-refractivity contribution is -0.141. The van der Waals surface area contributed by atoms with E-state index in [1.54, 1.807) is 29.2 Å². The fraction of sp³-hybridized carbons (Fsp3) is 0.400. The molecule has 2 aliphatic heterocycles. The van der Waals surface area contributed by atoms with Crippen molar-refractivity contribution in [3.8, 4) is 5.75 Å². The third kappa shape index (κ3) is 4.59. The highest BCUT2D eigenvalue weighted by Crippen LogP contribution is 2.38.